The fourth-order valence-corrected chi connectivity index (χ4v) is 3.45. The van der Waals surface area contributed by atoms with Crippen molar-refractivity contribution < 1.29 is 19.1 Å². The number of aliphatic hydroxyl groups excluding tert-OH is 1. The van der Waals surface area contributed by atoms with Crippen LogP contribution in [0.15, 0.2) is 78.6 Å². The molecule has 1 N–H and O–H groups in total. The maximum absolute atomic E-state index is 13.4. The summed E-state index contributed by atoms with van der Waals surface area (Å²) in [5, 5.41) is 11.4. The van der Waals surface area contributed by atoms with Crippen molar-refractivity contribution in [3.05, 3.63) is 101 Å². The molecule has 144 valence electrons. The van der Waals surface area contributed by atoms with Crippen LogP contribution in [-0.2, 0) is 9.59 Å². The van der Waals surface area contributed by atoms with E-state index in [0.717, 1.165) is 0 Å². The van der Waals surface area contributed by atoms with Crippen LogP contribution in [0.5, 0.6) is 0 Å². The second kappa shape index (κ2) is 7.48. The molecule has 2 heterocycles. The number of ketones is 1. The minimum atomic E-state index is -0.890. The number of hydrogen-bond donors (Lipinski definition) is 1. The molecule has 1 aromatic heterocycles. The molecule has 1 atom stereocenters. The molecule has 1 fully saturated rings. The summed E-state index contributed by atoms with van der Waals surface area (Å²) in [4.78, 5) is 31.0. The third kappa shape index (κ3) is 3.39. The molecule has 1 saturated heterocycles. The lowest BCUT2D eigenvalue weighted by molar-refractivity contribution is -0.132. The predicted molar refractivity (Wildman–Crippen MR) is 107 cm³/mol. The maximum atomic E-state index is 13.4. The van der Waals surface area contributed by atoms with Crippen LogP contribution in [0.1, 0.15) is 17.2 Å². The largest absolute Gasteiger partial charge is 0.507 e. The highest BCUT2D eigenvalue weighted by Crippen LogP contribution is 2.42. The zero-order valence-electron chi connectivity index (χ0n) is 14.9. The monoisotopic (exact) mass is 408 g/mol. The van der Waals surface area contributed by atoms with Crippen molar-refractivity contribution in [2.24, 2.45) is 0 Å². The van der Waals surface area contributed by atoms with Gasteiger partial charge in [0.05, 0.1) is 11.6 Å². The number of amides is 1. The Morgan fingerprint density at radius 1 is 0.966 bits per heavy atom. The predicted octanol–water partition coefficient (Wildman–Crippen LogP) is 4.50. The van der Waals surface area contributed by atoms with E-state index in [-0.39, 0.29) is 11.3 Å². The number of Topliss-reactive ketones (excluding diaryl/α,β-unsaturated/α-hetero) is 1. The molecule has 4 rings (SSSR count). The Hall–Kier alpha value is -3.51. The summed E-state index contributed by atoms with van der Waals surface area (Å²) in [5.41, 5.74) is 1.21. The molecule has 2 aromatic carbocycles. The zero-order valence-corrected chi connectivity index (χ0v) is 15.7. The van der Waals surface area contributed by atoms with Crippen LogP contribution < -0.4 is 4.90 Å². The van der Waals surface area contributed by atoms with Crippen molar-refractivity contribution in [3.8, 4) is 0 Å². The number of nitrogens with zero attached hydrogens (tertiary/aromatic N) is 2. The van der Waals surface area contributed by atoms with Crippen molar-refractivity contribution in [2.75, 3.05) is 4.90 Å². The smallest absolute Gasteiger partial charge is 0.300 e. The number of aliphatic hydroxyl groups is 1. The van der Waals surface area contributed by atoms with Gasteiger partial charge in [0, 0.05) is 28.7 Å². The van der Waals surface area contributed by atoms with Gasteiger partial charge in [0.25, 0.3) is 11.7 Å². The molecule has 0 aliphatic carbocycles. The quantitative estimate of drug-likeness (QED) is 0.393. The first-order valence-corrected chi connectivity index (χ1v) is 9.07. The van der Waals surface area contributed by atoms with Gasteiger partial charge in [-0.25, -0.2) is 4.39 Å². The molecular formula is C22H14ClFN2O3. The third-order valence-electron chi connectivity index (χ3n) is 4.69. The van der Waals surface area contributed by atoms with Crippen LogP contribution >= 0.6 is 11.6 Å². The van der Waals surface area contributed by atoms with Crippen molar-refractivity contribution in [3.63, 3.8) is 0 Å². The molecule has 3 aromatic rings. The Labute approximate surface area is 170 Å². The van der Waals surface area contributed by atoms with E-state index in [2.05, 4.69) is 4.98 Å². The number of hydrogen-bond acceptors (Lipinski definition) is 4. The van der Waals surface area contributed by atoms with Gasteiger partial charge in [-0.3, -0.25) is 19.5 Å². The van der Waals surface area contributed by atoms with Gasteiger partial charge in [-0.1, -0.05) is 11.6 Å². The summed E-state index contributed by atoms with van der Waals surface area (Å²) >= 11 is 5.90. The SMILES string of the molecule is O=C1C(=O)N(c2ccc(F)cc2)C(c2ccncc2)/C1=C(/O)c1ccc(Cl)cc1. The summed E-state index contributed by atoms with van der Waals surface area (Å²) in [7, 11) is 0. The van der Waals surface area contributed by atoms with Crippen molar-refractivity contribution in [1.29, 1.82) is 0 Å². The molecule has 0 radical (unpaired) electrons. The number of halogens is 2. The van der Waals surface area contributed by atoms with Gasteiger partial charge in [-0.2, -0.15) is 0 Å². The molecular weight excluding hydrogens is 395 g/mol. The zero-order chi connectivity index (χ0) is 20.5. The van der Waals surface area contributed by atoms with Gasteiger partial charge in [0.2, 0.25) is 0 Å². The molecule has 0 spiro atoms. The number of benzene rings is 2. The van der Waals surface area contributed by atoms with Crippen LogP contribution in [0.25, 0.3) is 5.76 Å². The van der Waals surface area contributed by atoms with Crippen molar-refractivity contribution in [2.45, 2.75) is 6.04 Å². The molecule has 5 nitrogen and oxygen atoms in total. The van der Waals surface area contributed by atoms with Gasteiger partial charge < -0.3 is 5.11 Å². The van der Waals surface area contributed by atoms with Crippen molar-refractivity contribution in [1.82, 2.24) is 4.98 Å². The molecule has 1 aliphatic heterocycles. The minimum absolute atomic E-state index is 0.0622. The lowest BCUT2D eigenvalue weighted by atomic mass is 9.96. The van der Waals surface area contributed by atoms with Gasteiger partial charge in [0.1, 0.15) is 11.6 Å². The lowest BCUT2D eigenvalue weighted by Gasteiger charge is -2.25. The summed E-state index contributed by atoms with van der Waals surface area (Å²) in [6.07, 6.45) is 3.06. The summed E-state index contributed by atoms with van der Waals surface area (Å²) in [6.45, 7) is 0. The Morgan fingerprint density at radius 2 is 1.59 bits per heavy atom. The van der Waals surface area contributed by atoms with E-state index in [1.165, 1.54) is 41.6 Å². The lowest BCUT2D eigenvalue weighted by Crippen LogP contribution is -2.29. The molecule has 0 saturated carbocycles. The molecule has 1 amide bonds. The van der Waals surface area contributed by atoms with Crippen LogP contribution in [-0.4, -0.2) is 21.8 Å². The average molecular weight is 409 g/mol. The van der Waals surface area contributed by atoms with E-state index in [4.69, 9.17) is 11.6 Å². The van der Waals surface area contributed by atoms with Crippen molar-refractivity contribution >= 4 is 34.7 Å². The Kier molecular flexibility index (Phi) is 4.86. The first kappa shape index (κ1) is 18.8. The average Bonchev–Trinajstić information content (AvgIpc) is 3.00. The van der Waals surface area contributed by atoms with E-state index >= 15 is 0 Å². The minimum Gasteiger partial charge on any atom is -0.507 e. The Balaban J connectivity index is 1.93. The first-order valence-electron chi connectivity index (χ1n) is 8.70. The van der Waals surface area contributed by atoms with Crippen LogP contribution in [0, 0.1) is 5.82 Å². The fraction of sp³-hybridized carbons (Fsp3) is 0.0455. The van der Waals surface area contributed by atoms with E-state index < -0.39 is 23.5 Å². The Bertz CT molecular complexity index is 1110. The van der Waals surface area contributed by atoms with Gasteiger partial charge >= 0.3 is 0 Å². The number of aromatic nitrogens is 1. The molecule has 1 unspecified atom stereocenters. The summed E-state index contributed by atoms with van der Waals surface area (Å²) in [5.74, 6) is -2.42. The number of pyridine rings is 1. The highest BCUT2D eigenvalue weighted by Gasteiger charge is 2.46. The molecule has 29 heavy (non-hydrogen) atoms. The molecule has 1 aliphatic rings. The van der Waals surface area contributed by atoms with Gasteiger partial charge in [-0.15, -0.1) is 0 Å². The maximum Gasteiger partial charge on any atom is 0.300 e. The number of carbonyl (C=O) groups is 2. The van der Waals surface area contributed by atoms with Gasteiger partial charge in [-0.05, 0) is 66.2 Å². The first-order chi connectivity index (χ1) is 14.0. The van der Waals surface area contributed by atoms with Gasteiger partial charge in [0.15, 0.2) is 0 Å². The second-order valence-electron chi connectivity index (χ2n) is 6.43. The van der Waals surface area contributed by atoms with E-state index in [9.17, 15) is 19.1 Å². The molecule has 7 heteroatoms. The number of rotatable bonds is 3. The Morgan fingerprint density at radius 3 is 2.21 bits per heavy atom. The van der Waals surface area contributed by atoms with Crippen LogP contribution in [0.4, 0.5) is 10.1 Å². The van der Waals surface area contributed by atoms with Crippen LogP contribution in [0.3, 0.4) is 0 Å². The third-order valence-corrected chi connectivity index (χ3v) is 4.94. The van der Waals surface area contributed by atoms with Crippen LogP contribution in [0.2, 0.25) is 5.02 Å². The van der Waals surface area contributed by atoms with E-state index in [1.807, 2.05) is 0 Å². The fourth-order valence-electron chi connectivity index (χ4n) is 3.32. The summed E-state index contributed by atoms with van der Waals surface area (Å²) in [6, 6.07) is 13.9. The number of anilines is 1. The summed E-state index contributed by atoms with van der Waals surface area (Å²) < 4.78 is 13.4. The number of carbonyl (C=O) groups excluding carboxylic acids is 2. The van der Waals surface area contributed by atoms with E-state index in [1.54, 1.807) is 36.4 Å². The normalized spacial score (nSPS) is 18.3. The highest BCUT2D eigenvalue weighted by atomic mass is 35.5. The standard InChI is InChI=1S/C22H14ClFN2O3/c23-15-3-1-14(2-4-15)20(27)18-19(13-9-11-25-12-10-13)26(22(29)21(18)28)17-7-5-16(24)6-8-17/h1-12,19,27H/b20-18-. The highest BCUT2D eigenvalue weighted by molar-refractivity contribution is 6.51. The molecule has 0 bridgehead atoms. The topological polar surface area (TPSA) is 70.5 Å². The second-order valence-corrected chi connectivity index (χ2v) is 6.87. The van der Waals surface area contributed by atoms with E-state index in [0.29, 0.717) is 21.8 Å².